The fraction of sp³-hybridized carbons (Fsp3) is 0.562. The summed E-state index contributed by atoms with van der Waals surface area (Å²) >= 11 is 0. The van der Waals surface area contributed by atoms with Crippen LogP contribution in [0.2, 0.25) is 0 Å². The van der Waals surface area contributed by atoms with Gasteiger partial charge >= 0.3 is 0 Å². The summed E-state index contributed by atoms with van der Waals surface area (Å²) in [5, 5.41) is 9.12. The lowest BCUT2D eigenvalue weighted by Gasteiger charge is -2.34. The van der Waals surface area contributed by atoms with E-state index in [0.717, 1.165) is 31.1 Å². The van der Waals surface area contributed by atoms with Gasteiger partial charge in [0, 0.05) is 39.3 Å². The molecule has 2 fully saturated rings. The molecule has 19 heavy (non-hydrogen) atoms. The number of nitriles is 1. The Morgan fingerprint density at radius 2 is 1.74 bits per heavy atom. The molecule has 1 aromatic carbocycles. The third kappa shape index (κ3) is 3.34. The van der Waals surface area contributed by atoms with Crippen LogP contribution in [0.15, 0.2) is 24.3 Å². The number of hydrogen-bond acceptors (Lipinski definition) is 3. The van der Waals surface area contributed by atoms with Crippen molar-refractivity contribution in [3.63, 3.8) is 0 Å². The third-order valence-corrected chi connectivity index (χ3v) is 4.21. The maximum atomic E-state index is 9.12. The van der Waals surface area contributed by atoms with E-state index in [-0.39, 0.29) is 0 Å². The van der Waals surface area contributed by atoms with Gasteiger partial charge in [-0.2, -0.15) is 5.26 Å². The molecule has 100 valence electrons. The summed E-state index contributed by atoms with van der Waals surface area (Å²) < 4.78 is 0. The van der Waals surface area contributed by atoms with Gasteiger partial charge in [0.15, 0.2) is 0 Å². The van der Waals surface area contributed by atoms with Crippen LogP contribution < -0.4 is 0 Å². The number of benzene rings is 1. The molecule has 0 aromatic heterocycles. The Balaban J connectivity index is 1.52. The molecule has 0 spiro atoms. The Labute approximate surface area is 115 Å². The smallest absolute Gasteiger partial charge is 0.0995 e. The molecule has 1 aliphatic carbocycles. The number of piperazine rings is 1. The van der Waals surface area contributed by atoms with Gasteiger partial charge in [0.05, 0.1) is 11.6 Å². The van der Waals surface area contributed by atoms with Gasteiger partial charge in [-0.25, -0.2) is 0 Å². The van der Waals surface area contributed by atoms with Gasteiger partial charge in [-0.3, -0.25) is 4.90 Å². The van der Waals surface area contributed by atoms with E-state index in [1.807, 2.05) is 18.2 Å². The van der Waals surface area contributed by atoms with Crippen molar-refractivity contribution >= 4 is 0 Å². The van der Waals surface area contributed by atoms with Crippen molar-refractivity contribution in [1.29, 1.82) is 5.26 Å². The summed E-state index contributed by atoms with van der Waals surface area (Å²) in [4.78, 5) is 5.07. The normalized spacial score (nSPS) is 21.2. The van der Waals surface area contributed by atoms with Gasteiger partial charge in [0.25, 0.3) is 0 Å². The first kappa shape index (κ1) is 12.7. The molecule has 1 aliphatic heterocycles. The molecule has 0 radical (unpaired) electrons. The van der Waals surface area contributed by atoms with Crippen molar-refractivity contribution in [1.82, 2.24) is 9.80 Å². The fourth-order valence-electron chi connectivity index (χ4n) is 2.80. The maximum Gasteiger partial charge on any atom is 0.0995 e. The summed E-state index contributed by atoms with van der Waals surface area (Å²) in [6.45, 7) is 6.86. The monoisotopic (exact) mass is 255 g/mol. The lowest BCUT2D eigenvalue weighted by molar-refractivity contribution is 0.123. The van der Waals surface area contributed by atoms with Gasteiger partial charge in [0.2, 0.25) is 0 Å². The molecule has 0 bridgehead atoms. The van der Waals surface area contributed by atoms with Crippen molar-refractivity contribution in [2.75, 3.05) is 32.7 Å². The molecule has 0 amide bonds. The second-order valence-corrected chi connectivity index (χ2v) is 5.79. The minimum Gasteiger partial charge on any atom is -0.301 e. The minimum absolute atomic E-state index is 0.822. The molecule has 1 heterocycles. The third-order valence-electron chi connectivity index (χ3n) is 4.21. The van der Waals surface area contributed by atoms with Crippen molar-refractivity contribution in [2.45, 2.75) is 19.4 Å². The summed E-state index contributed by atoms with van der Waals surface area (Å²) in [6, 6.07) is 10.3. The fourth-order valence-corrected chi connectivity index (χ4v) is 2.80. The summed E-state index contributed by atoms with van der Waals surface area (Å²) in [7, 11) is 0. The predicted octanol–water partition coefficient (Wildman–Crippen LogP) is 2.09. The first-order valence-electron chi connectivity index (χ1n) is 7.28. The van der Waals surface area contributed by atoms with E-state index >= 15 is 0 Å². The molecular weight excluding hydrogens is 234 g/mol. The van der Waals surface area contributed by atoms with Crippen molar-refractivity contribution in [2.24, 2.45) is 5.92 Å². The average Bonchev–Trinajstić information content (AvgIpc) is 3.26. The van der Waals surface area contributed by atoms with Crippen molar-refractivity contribution in [3.05, 3.63) is 35.4 Å². The maximum absolute atomic E-state index is 9.12. The van der Waals surface area contributed by atoms with E-state index in [2.05, 4.69) is 21.9 Å². The van der Waals surface area contributed by atoms with Gasteiger partial charge in [-0.15, -0.1) is 0 Å². The second kappa shape index (κ2) is 5.73. The standard InChI is InChI=1S/C16H21N3/c17-11-15-3-1-2-4-16(15)13-19-9-7-18(8-10-19)12-14-5-6-14/h1-4,14H,5-10,12-13H2. The molecule has 0 unspecified atom stereocenters. The van der Waals surface area contributed by atoms with Crippen LogP contribution in [0.25, 0.3) is 0 Å². The summed E-state index contributed by atoms with van der Waals surface area (Å²) in [5.41, 5.74) is 1.99. The highest BCUT2D eigenvalue weighted by molar-refractivity contribution is 5.37. The number of rotatable bonds is 4. The zero-order valence-corrected chi connectivity index (χ0v) is 11.4. The lowest BCUT2D eigenvalue weighted by atomic mass is 10.1. The second-order valence-electron chi connectivity index (χ2n) is 5.79. The highest BCUT2D eigenvalue weighted by Crippen LogP contribution is 2.30. The van der Waals surface area contributed by atoms with Crippen LogP contribution in [-0.2, 0) is 6.54 Å². The Hall–Kier alpha value is -1.37. The number of hydrogen-bond donors (Lipinski definition) is 0. The molecule has 2 aliphatic rings. The van der Waals surface area contributed by atoms with Gasteiger partial charge < -0.3 is 4.90 Å². The molecule has 0 atom stereocenters. The molecule has 1 saturated carbocycles. The molecule has 1 aromatic rings. The first-order valence-corrected chi connectivity index (χ1v) is 7.28. The zero-order valence-electron chi connectivity index (χ0n) is 11.4. The van der Waals surface area contributed by atoms with Crippen molar-refractivity contribution in [3.8, 4) is 6.07 Å². The van der Waals surface area contributed by atoms with Crippen LogP contribution in [0.3, 0.4) is 0 Å². The first-order chi connectivity index (χ1) is 9.35. The Morgan fingerprint density at radius 3 is 2.42 bits per heavy atom. The van der Waals surface area contributed by atoms with Gasteiger partial charge in [-0.05, 0) is 30.4 Å². The van der Waals surface area contributed by atoms with Crippen LogP contribution >= 0.6 is 0 Å². The molecule has 1 saturated heterocycles. The number of nitrogens with zero attached hydrogens (tertiary/aromatic N) is 3. The van der Waals surface area contributed by atoms with Crippen molar-refractivity contribution < 1.29 is 0 Å². The Bertz CT molecular complexity index is 465. The topological polar surface area (TPSA) is 30.3 Å². The van der Waals surface area contributed by atoms with Crippen LogP contribution in [-0.4, -0.2) is 42.5 Å². The molecule has 3 heteroatoms. The Morgan fingerprint density at radius 1 is 1.05 bits per heavy atom. The quantitative estimate of drug-likeness (QED) is 0.825. The summed E-state index contributed by atoms with van der Waals surface area (Å²) in [5.74, 6) is 0.992. The van der Waals surface area contributed by atoms with Crippen LogP contribution in [0.5, 0.6) is 0 Å². The van der Waals surface area contributed by atoms with E-state index in [1.165, 1.54) is 38.0 Å². The van der Waals surface area contributed by atoms with E-state index in [9.17, 15) is 0 Å². The zero-order chi connectivity index (χ0) is 13.1. The highest BCUT2D eigenvalue weighted by Gasteiger charge is 2.26. The van der Waals surface area contributed by atoms with Crippen LogP contribution in [0.1, 0.15) is 24.0 Å². The Kier molecular flexibility index (Phi) is 3.82. The van der Waals surface area contributed by atoms with Gasteiger partial charge in [0.1, 0.15) is 0 Å². The molecular formula is C16H21N3. The predicted molar refractivity (Wildman–Crippen MR) is 75.6 cm³/mol. The van der Waals surface area contributed by atoms with E-state index < -0.39 is 0 Å². The van der Waals surface area contributed by atoms with Gasteiger partial charge in [-0.1, -0.05) is 18.2 Å². The SMILES string of the molecule is N#Cc1ccccc1CN1CCN(CC2CC2)CC1. The lowest BCUT2D eigenvalue weighted by Crippen LogP contribution is -2.46. The van der Waals surface area contributed by atoms with Crippen LogP contribution in [0.4, 0.5) is 0 Å². The minimum atomic E-state index is 0.822. The molecule has 3 nitrogen and oxygen atoms in total. The summed E-state index contributed by atoms with van der Waals surface area (Å²) in [6.07, 6.45) is 2.88. The van der Waals surface area contributed by atoms with Crippen LogP contribution in [0, 0.1) is 17.2 Å². The van der Waals surface area contributed by atoms with E-state index in [0.29, 0.717) is 0 Å². The average molecular weight is 255 g/mol. The largest absolute Gasteiger partial charge is 0.301 e. The highest BCUT2D eigenvalue weighted by atomic mass is 15.3. The van der Waals surface area contributed by atoms with E-state index in [4.69, 9.17) is 5.26 Å². The van der Waals surface area contributed by atoms with E-state index in [1.54, 1.807) is 0 Å². The molecule has 3 rings (SSSR count). The molecule has 0 N–H and O–H groups in total.